The Balaban J connectivity index is 2.79. The van der Waals surface area contributed by atoms with Crippen LogP contribution in [0.5, 0.6) is 0 Å². The molecular formula is C9H9N3O2. The van der Waals surface area contributed by atoms with Crippen LogP contribution in [0.15, 0.2) is 12.4 Å². The monoisotopic (exact) mass is 191 g/mol. The summed E-state index contributed by atoms with van der Waals surface area (Å²) >= 11 is 0. The average Bonchev–Trinajstić information content (AvgIpc) is 2.43. The van der Waals surface area contributed by atoms with E-state index in [-0.39, 0.29) is 5.69 Å². The summed E-state index contributed by atoms with van der Waals surface area (Å²) < 4.78 is 1.49. The van der Waals surface area contributed by atoms with Gasteiger partial charge in [-0.05, 0) is 19.4 Å². The van der Waals surface area contributed by atoms with Gasteiger partial charge >= 0.3 is 5.97 Å². The van der Waals surface area contributed by atoms with Crippen LogP contribution in [0.1, 0.15) is 21.6 Å². The third-order valence-electron chi connectivity index (χ3n) is 2.03. The van der Waals surface area contributed by atoms with Crippen LogP contribution in [0.25, 0.3) is 5.65 Å². The van der Waals surface area contributed by atoms with Crippen LogP contribution in [-0.2, 0) is 0 Å². The Hall–Kier alpha value is -1.91. The quantitative estimate of drug-likeness (QED) is 0.731. The first-order valence-corrected chi connectivity index (χ1v) is 4.14. The third kappa shape index (κ3) is 1.14. The number of fused-ring (bicyclic) bond motifs is 1. The lowest BCUT2D eigenvalue weighted by molar-refractivity contribution is 0.0689. The van der Waals surface area contributed by atoms with E-state index in [1.165, 1.54) is 4.52 Å². The second-order valence-corrected chi connectivity index (χ2v) is 3.18. The van der Waals surface area contributed by atoms with Crippen LogP contribution in [0.4, 0.5) is 0 Å². The molecule has 5 heteroatoms. The summed E-state index contributed by atoms with van der Waals surface area (Å²) in [5.41, 5.74) is 2.19. The largest absolute Gasteiger partial charge is 0.476 e. The van der Waals surface area contributed by atoms with E-state index in [0.29, 0.717) is 11.2 Å². The van der Waals surface area contributed by atoms with Gasteiger partial charge in [-0.1, -0.05) is 0 Å². The van der Waals surface area contributed by atoms with Crippen LogP contribution in [0.2, 0.25) is 0 Å². The molecule has 72 valence electrons. The van der Waals surface area contributed by atoms with Gasteiger partial charge in [-0.3, -0.25) is 0 Å². The first kappa shape index (κ1) is 8.68. The standard InChI is InChI=1S/C9H9N3O2/c1-5-3-10-8-6(2)7(9(13)14)11-12(8)4-5/h3-4H,1-2H3,(H,13,14). The molecule has 0 aromatic carbocycles. The number of carboxylic acids is 1. The first-order valence-electron chi connectivity index (χ1n) is 4.14. The highest BCUT2D eigenvalue weighted by Crippen LogP contribution is 2.12. The lowest BCUT2D eigenvalue weighted by Gasteiger charge is -1.93. The van der Waals surface area contributed by atoms with Crippen molar-refractivity contribution in [3.8, 4) is 0 Å². The maximum atomic E-state index is 10.8. The predicted molar refractivity (Wildman–Crippen MR) is 49.4 cm³/mol. The molecule has 0 saturated heterocycles. The number of carboxylic acid groups (broad SMARTS) is 1. The molecule has 2 heterocycles. The van der Waals surface area contributed by atoms with Gasteiger partial charge in [-0.25, -0.2) is 14.3 Å². The summed E-state index contributed by atoms with van der Waals surface area (Å²) in [6.45, 7) is 3.58. The summed E-state index contributed by atoms with van der Waals surface area (Å²) in [5, 5.41) is 12.8. The molecule has 0 unspecified atom stereocenters. The zero-order valence-electron chi connectivity index (χ0n) is 7.85. The zero-order valence-corrected chi connectivity index (χ0v) is 7.85. The Kier molecular flexibility index (Phi) is 1.73. The van der Waals surface area contributed by atoms with E-state index in [9.17, 15) is 4.79 Å². The number of aromatic carboxylic acids is 1. The van der Waals surface area contributed by atoms with Crippen molar-refractivity contribution < 1.29 is 9.90 Å². The normalized spacial score (nSPS) is 10.7. The molecule has 14 heavy (non-hydrogen) atoms. The number of nitrogens with zero attached hydrogens (tertiary/aromatic N) is 3. The number of hydrogen-bond acceptors (Lipinski definition) is 3. The van der Waals surface area contributed by atoms with Gasteiger partial charge in [-0.2, -0.15) is 5.10 Å². The number of aryl methyl sites for hydroxylation is 2. The van der Waals surface area contributed by atoms with Crippen molar-refractivity contribution in [1.82, 2.24) is 14.6 Å². The molecule has 0 saturated carbocycles. The van der Waals surface area contributed by atoms with Crippen molar-refractivity contribution in [2.24, 2.45) is 0 Å². The van der Waals surface area contributed by atoms with E-state index in [4.69, 9.17) is 5.11 Å². The fourth-order valence-corrected chi connectivity index (χ4v) is 1.35. The van der Waals surface area contributed by atoms with Crippen LogP contribution in [0.3, 0.4) is 0 Å². The zero-order chi connectivity index (χ0) is 10.3. The minimum Gasteiger partial charge on any atom is -0.476 e. The van der Waals surface area contributed by atoms with Crippen LogP contribution < -0.4 is 0 Å². The lowest BCUT2D eigenvalue weighted by Crippen LogP contribution is -1.99. The first-order chi connectivity index (χ1) is 6.59. The third-order valence-corrected chi connectivity index (χ3v) is 2.03. The molecule has 0 aliphatic heterocycles. The van der Waals surface area contributed by atoms with Gasteiger partial charge < -0.3 is 5.11 Å². The van der Waals surface area contributed by atoms with Gasteiger partial charge in [0.2, 0.25) is 0 Å². The highest BCUT2D eigenvalue weighted by Gasteiger charge is 2.15. The van der Waals surface area contributed by atoms with Gasteiger partial charge in [0.05, 0.1) is 0 Å². The summed E-state index contributed by atoms with van der Waals surface area (Å²) in [7, 11) is 0. The number of aromatic nitrogens is 3. The van der Waals surface area contributed by atoms with E-state index >= 15 is 0 Å². The maximum Gasteiger partial charge on any atom is 0.356 e. The second-order valence-electron chi connectivity index (χ2n) is 3.18. The molecule has 0 radical (unpaired) electrons. The fraction of sp³-hybridized carbons (Fsp3) is 0.222. The summed E-state index contributed by atoms with van der Waals surface area (Å²) in [6, 6.07) is 0. The van der Waals surface area contributed by atoms with Crippen LogP contribution in [-0.4, -0.2) is 25.7 Å². The summed E-state index contributed by atoms with van der Waals surface area (Å²) in [5.74, 6) is -1.02. The van der Waals surface area contributed by atoms with Crippen molar-refractivity contribution in [3.63, 3.8) is 0 Å². The maximum absolute atomic E-state index is 10.8. The van der Waals surface area contributed by atoms with Gasteiger partial charge in [0, 0.05) is 18.0 Å². The Labute approximate surface area is 80.0 Å². The highest BCUT2D eigenvalue weighted by molar-refractivity contribution is 5.89. The minimum atomic E-state index is -1.02. The summed E-state index contributed by atoms with van der Waals surface area (Å²) in [6.07, 6.45) is 3.44. The van der Waals surface area contributed by atoms with E-state index in [1.54, 1.807) is 19.3 Å². The molecule has 2 rings (SSSR count). The van der Waals surface area contributed by atoms with Crippen molar-refractivity contribution in [1.29, 1.82) is 0 Å². The van der Waals surface area contributed by atoms with E-state index in [2.05, 4.69) is 10.1 Å². The van der Waals surface area contributed by atoms with Gasteiger partial charge in [0.15, 0.2) is 11.3 Å². The predicted octanol–water partition coefficient (Wildman–Crippen LogP) is 1.04. The molecule has 1 N–H and O–H groups in total. The molecular weight excluding hydrogens is 182 g/mol. The molecule has 2 aromatic heterocycles. The number of carbonyl (C=O) groups is 1. The van der Waals surface area contributed by atoms with Crippen molar-refractivity contribution in [3.05, 3.63) is 29.2 Å². The molecule has 0 aliphatic rings. The second kappa shape index (κ2) is 2.80. The average molecular weight is 191 g/mol. The Bertz CT molecular complexity index is 516. The van der Waals surface area contributed by atoms with Crippen molar-refractivity contribution >= 4 is 11.6 Å². The van der Waals surface area contributed by atoms with Gasteiger partial charge in [0.1, 0.15) is 0 Å². The molecule has 0 amide bonds. The SMILES string of the molecule is Cc1cnc2c(C)c(C(=O)O)nn2c1. The lowest BCUT2D eigenvalue weighted by atomic mass is 10.2. The van der Waals surface area contributed by atoms with Crippen LogP contribution in [0, 0.1) is 13.8 Å². The number of hydrogen-bond donors (Lipinski definition) is 1. The molecule has 5 nitrogen and oxygen atoms in total. The molecule has 0 aliphatic carbocycles. The Morgan fingerprint density at radius 3 is 2.86 bits per heavy atom. The number of rotatable bonds is 1. The molecule has 0 spiro atoms. The topological polar surface area (TPSA) is 67.5 Å². The van der Waals surface area contributed by atoms with E-state index in [1.807, 2.05) is 6.92 Å². The smallest absolute Gasteiger partial charge is 0.356 e. The Morgan fingerprint density at radius 2 is 2.21 bits per heavy atom. The van der Waals surface area contributed by atoms with E-state index in [0.717, 1.165) is 5.56 Å². The van der Waals surface area contributed by atoms with Gasteiger partial charge in [-0.15, -0.1) is 0 Å². The van der Waals surface area contributed by atoms with Crippen molar-refractivity contribution in [2.75, 3.05) is 0 Å². The Morgan fingerprint density at radius 1 is 1.50 bits per heavy atom. The van der Waals surface area contributed by atoms with Crippen LogP contribution >= 0.6 is 0 Å². The molecule has 0 bridgehead atoms. The minimum absolute atomic E-state index is 0.0584. The molecule has 2 aromatic rings. The van der Waals surface area contributed by atoms with Gasteiger partial charge in [0.25, 0.3) is 0 Å². The van der Waals surface area contributed by atoms with E-state index < -0.39 is 5.97 Å². The molecule has 0 fully saturated rings. The van der Waals surface area contributed by atoms with Crippen molar-refractivity contribution in [2.45, 2.75) is 13.8 Å². The summed E-state index contributed by atoms with van der Waals surface area (Å²) in [4.78, 5) is 14.9. The molecule has 0 atom stereocenters. The fourth-order valence-electron chi connectivity index (χ4n) is 1.35. The highest BCUT2D eigenvalue weighted by atomic mass is 16.4.